The Bertz CT molecular complexity index is 795. The maximum Gasteiger partial charge on any atom is 0.124 e. The number of rotatable bonds is 6. The third-order valence-corrected chi connectivity index (χ3v) is 7.22. The van der Waals surface area contributed by atoms with Gasteiger partial charge in [0.25, 0.3) is 0 Å². The number of hydrogen-bond donors (Lipinski definition) is 0. The molecule has 2 aromatic rings. The van der Waals surface area contributed by atoms with Crippen LogP contribution in [0.5, 0.6) is 0 Å². The molecule has 4 saturated heterocycles. The van der Waals surface area contributed by atoms with E-state index in [9.17, 15) is 0 Å². The molecule has 6 rings (SSSR count). The van der Waals surface area contributed by atoms with E-state index < -0.39 is 0 Å². The fourth-order valence-corrected chi connectivity index (χ4v) is 5.66. The summed E-state index contributed by atoms with van der Waals surface area (Å²) in [6, 6.07) is 22.6. The molecule has 0 N–H and O–H groups in total. The minimum Gasteiger partial charge on any atom is -0.360 e. The van der Waals surface area contributed by atoms with E-state index in [0.717, 1.165) is 59.2 Å². The van der Waals surface area contributed by atoms with Gasteiger partial charge in [-0.3, -0.25) is 19.6 Å². The Kier molecular flexibility index (Phi) is 5.52. The molecule has 31 heavy (non-hydrogen) atoms. The molecule has 0 aliphatic carbocycles. The quantitative estimate of drug-likeness (QED) is 0.711. The first-order valence-electron chi connectivity index (χ1n) is 11.6. The average Bonchev–Trinajstić information content (AvgIpc) is 3.54. The number of hydrogen-bond acceptors (Lipinski definition) is 6. The fraction of sp³-hybridized carbons (Fsp3) is 0.520. The molecule has 4 heterocycles. The molecule has 4 aliphatic rings. The van der Waals surface area contributed by atoms with Crippen molar-refractivity contribution < 1.29 is 9.47 Å². The van der Waals surface area contributed by atoms with Crippen LogP contribution in [0.3, 0.4) is 0 Å². The summed E-state index contributed by atoms with van der Waals surface area (Å²) in [4.78, 5) is 10.2. The maximum atomic E-state index is 6.15. The molecule has 0 amide bonds. The molecular formula is C25H32N4O2. The van der Waals surface area contributed by atoms with Gasteiger partial charge in [0.1, 0.15) is 12.5 Å². The van der Waals surface area contributed by atoms with Gasteiger partial charge in [-0.05, 0) is 24.0 Å². The van der Waals surface area contributed by atoms with Crippen molar-refractivity contribution in [2.45, 2.75) is 37.4 Å². The molecule has 0 saturated carbocycles. The van der Waals surface area contributed by atoms with Gasteiger partial charge in [0.2, 0.25) is 0 Å². The van der Waals surface area contributed by atoms with Crippen molar-refractivity contribution in [3.05, 3.63) is 71.8 Å². The van der Waals surface area contributed by atoms with Crippen LogP contribution in [0.4, 0.5) is 0 Å². The normalized spacial score (nSPS) is 32.0. The molecule has 4 fully saturated rings. The third-order valence-electron chi connectivity index (χ3n) is 7.22. The minimum absolute atomic E-state index is 0.248. The Hall–Kier alpha value is -1.80. The largest absolute Gasteiger partial charge is 0.360 e. The number of benzene rings is 2. The molecule has 4 atom stereocenters. The number of nitrogens with zero attached hydrogens (tertiary/aromatic N) is 4. The predicted octanol–water partition coefficient (Wildman–Crippen LogP) is 2.03. The summed E-state index contributed by atoms with van der Waals surface area (Å²) in [5.74, 6) is 0. The molecule has 0 bridgehead atoms. The van der Waals surface area contributed by atoms with Gasteiger partial charge in [0.15, 0.2) is 0 Å². The number of ether oxygens (including phenoxy) is 2. The Morgan fingerprint density at radius 2 is 1.10 bits per heavy atom. The second-order valence-corrected chi connectivity index (χ2v) is 9.42. The first-order valence-corrected chi connectivity index (χ1v) is 11.6. The topological polar surface area (TPSA) is 31.4 Å². The Labute approximate surface area is 184 Å². The van der Waals surface area contributed by atoms with Crippen molar-refractivity contribution in [1.82, 2.24) is 19.6 Å². The van der Waals surface area contributed by atoms with Crippen LogP contribution < -0.4 is 0 Å². The summed E-state index contributed by atoms with van der Waals surface area (Å²) in [5.41, 5.74) is 2.80. The lowest BCUT2D eigenvalue weighted by Gasteiger charge is -2.27. The van der Waals surface area contributed by atoms with Crippen molar-refractivity contribution in [2.75, 3.05) is 46.3 Å². The van der Waals surface area contributed by atoms with Crippen LogP contribution in [0.1, 0.15) is 11.1 Å². The monoisotopic (exact) mass is 420 g/mol. The van der Waals surface area contributed by atoms with Crippen LogP contribution >= 0.6 is 0 Å². The molecule has 0 spiro atoms. The predicted molar refractivity (Wildman–Crippen MR) is 119 cm³/mol. The highest BCUT2D eigenvalue weighted by Crippen LogP contribution is 2.29. The smallest absolute Gasteiger partial charge is 0.124 e. The van der Waals surface area contributed by atoms with Gasteiger partial charge in [-0.15, -0.1) is 0 Å². The summed E-state index contributed by atoms with van der Waals surface area (Å²) >= 11 is 0. The summed E-state index contributed by atoms with van der Waals surface area (Å²) in [5, 5.41) is 0. The molecule has 4 aliphatic heterocycles. The van der Waals surface area contributed by atoms with Gasteiger partial charge in [-0.2, -0.15) is 0 Å². The SMILES string of the molecule is c1ccc(C[C@H]2COC3CN(CN4CC5OC[C@H](Cc6ccccc6)N5C4)CN32)cc1. The molecule has 2 unspecified atom stereocenters. The maximum absolute atomic E-state index is 6.15. The molecule has 6 heteroatoms. The average molecular weight is 421 g/mol. The Balaban J connectivity index is 1.02. The van der Waals surface area contributed by atoms with Crippen LogP contribution in [0.15, 0.2) is 60.7 Å². The lowest BCUT2D eigenvalue weighted by molar-refractivity contribution is 0.0610. The summed E-state index contributed by atoms with van der Waals surface area (Å²) in [6.45, 7) is 6.68. The first kappa shape index (κ1) is 19.9. The van der Waals surface area contributed by atoms with E-state index in [1.807, 2.05) is 0 Å². The third kappa shape index (κ3) is 4.16. The standard InChI is InChI=1S/C25H32N4O2/c1-3-7-20(8-4-1)11-22-15-30-24-13-26(18-28(22)24)17-27-14-25-29(19-27)23(16-31-25)12-21-9-5-2-6-10-21/h1-10,22-25H,11-19H2/t22-,23-,24?,25?/m0/s1. The molecule has 2 aromatic carbocycles. The van der Waals surface area contributed by atoms with Crippen molar-refractivity contribution in [2.24, 2.45) is 0 Å². The van der Waals surface area contributed by atoms with Crippen LogP contribution in [0.25, 0.3) is 0 Å². The Morgan fingerprint density at radius 3 is 1.55 bits per heavy atom. The van der Waals surface area contributed by atoms with E-state index >= 15 is 0 Å². The van der Waals surface area contributed by atoms with Crippen molar-refractivity contribution >= 4 is 0 Å². The zero-order valence-electron chi connectivity index (χ0n) is 18.1. The van der Waals surface area contributed by atoms with Crippen LogP contribution in [0, 0.1) is 0 Å². The lowest BCUT2D eigenvalue weighted by atomic mass is 10.1. The lowest BCUT2D eigenvalue weighted by Crippen LogP contribution is -2.41. The zero-order chi connectivity index (χ0) is 20.6. The molecule has 0 radical (unpaired) electrons. The second kappa shape index (κ2) is 8.62. The van der Waals surface area contributed by atoms with Crippen LogP contribution in [-0.4, -0.2) is 90.4 Å². The highest BCUT2D eigenvalue weighted by Gasteiger charge is 2.44. The molecule has 6 nitrogen and oxygen atoms in total. The van der Waals surface area contributed by atoms with E-state index in [1.165, 1.54) is 11.1 Å². The van der Waals surface area contributed by atoms with Crippen molar-refractivity contribution in [1.29, 1.82) is 0 Å². The highest BCUT2D eigenvalue weighted by molar-refractivity contribution is 5.17. The Morgan fingerprint density at radius 1 is 0.645 bits per heavy atom. The van der Waals surface area contributed by atoms with Crippen LogP contribution in [0.2, 0.25) is 0 Å². The molecular weight excluding hydrogens is 388 g/mol. The van der Waals surface area contributed by atoms with E-state index in [4.69, 9.17) is 9.47 Å². The van der Waals surface area contributed by atoms with E-state index in [0.29, 0.717) is 12.1 Å². The summed E-state index contributed by atoms with van der Waals surface area (Å²) < 4.78 is 12.3. The van der Waals surface area contributed by atoms with Crippen molar-refractivity contribution in [3.8, 4) is 0 Å². The first-order chi connectivity index (χ1) is 15.3. The second-order valence-electron chi connectivity index (χ2n) is 9.42. The van der Waals surface area contributed by atoms with Gasteiger partial charge in [-0.25, -0.2) is 0 Å². The molecule has 164 valence electrons. The van der Waals surface area contributed by atoms with Gasteiger partial charge < -0.3 is 9.47 Å². The van der Waals surface area contributed by atoms with Gasteiger partial charge in [-0.1, -0.05) is 60.7 Å². The van der Waals surface area contributed by atoms with Crippen molar-refractivity contribution in [3.63, 3.8) is 0 Å². The van der Waals surface area contributed by atoms with E-state index in [1.54, 1.807) is 0 Å². The summed E-state index contributed by atoms with van der Waals surface area (Å²) in [6.07, 6.45) is 2.64. The highest BCUT2D eigenvalue weighted by atomic mass is 16.5. The van der Waals surface area contributed by atoms with Crippen LogP contribution in [-0.2, 0) is 22.3 Å². The van der Waals surface area contributed by atoms with E-state index in [-0.39, 0.29) is 12.5 Å². The number of fused-ring (bicyclic) bond motifs is 2. The summed E-state index contributed by atoms with van der Waals surface area (Å²) in [7, 11) is 0. The van der Waals surface area contributed by atoms with Gasteiger partial charge in [0.05, 0.1) is 33.2 Å². The van der Waals surface area contributed by atoms with E-state index in [2.05, 4.69) is 80.3 Å². The zero-order valence-corrected chi connectivity index (χ0v) is 18.1. The molecule has 0 aromatic heterocycles. The minimum atomic E-state index is 0.248. The fourth-order valence-electron chi connectivity index (χ4n) is 5.66. The van der Waals surface area contributed by atoms with Gasteiger partial charge >= 0.3 is 0 Å². The van der Waals surface area contributed by atoms with Gasteiger partial charge in [0, 0.05) is 25.2 Å².